The van der Waals surface area contributed by atoms with E-state index in [0.717, 1.165) is 12.1 Å². The highest BCUT2D eigenvalue weighted by Gasteiger charge is 2.15. The second-order valence-electron chi connectivity index (χ2n) is 2.09. The third kappa shape index (κ3) is 1.72. The molecule has 0 unspecified atom stereocenters. The highest BCUT2D eigenvalue weighted by atomic mass is 32.2. The molecular weight excluding hydrogens is 187 g/mol. The molecule has 0 aliphatic heterocycles. The van der Waals surface area contributed by atoms with Gasteiger partial charge in [0.2, 0.25) is 0 Å². The van der Waals surface area contributed by atoms with E-state index in [1.54, 1.807) is 0 Å². The summed E-state index contributed by atoms with van der Waals surface area (Å²) in [4.78, 5) is -0.831. The van der Waals surface area contributed by atoms with E-state index in [9.17, 15) is 12.8 Å². The Morgan fingerprint density at radius 3 is 2.33 bits per heavy atom. The van der Waals surface area contributed by atoms with Gasteiger partial charge in [-0.05, 0) is 18.2 Å². The van der Waals surface area contributed by atoms with Crippen molar-refractivity contribution in [3.05, 3.63) is 24.0 Å². The third-order valence-electron chi connectivity index (χ3n) is 1.20. The van der Waals surface area contributed by atoms with Gasteiger partial charge in [-0.25, -0.2) is 4.39 Å². The van der Waals surface area contributed by atoms with Crippen molar-refractivity contribution in [2.45, 2.75) is 4.90 Å². The lowest BCUT2D eigenvalue weighted by Gasteiger charge is -1.99. The fourth-order valence-electron chi connectivity index (χ4n) is 0.695. The SMILES string of the molecule is O=S(=O)(O)c1cc(F)ccc1O. The molecule has 66 valence electrons. The predicted octanol–water partition coefficient (Wildman–Crippen LogP) is 0.778. The molecule has 4 nitrogen and oxygen atoms in total. The van der Waals surface area contributed by atoms with E-state index in [4.69, 9.17) is 9.66 Å². The molecule has 0 atom stereocenters. The molecule has 0 bridgehead atoms. The zero-order valence-electron chi connectivity index (χ0n) is 5.73. The molecule has 1 rings (SSSR count). The average molecular weight is 192 g/mol. The molecule has 0 saturated carbocycles. The zero-order chi connectivity index (χ0) is 9.35. The minimum atomic E-state index is -4.55. The van der Waals surface area contributed by atoms with Gasteiger partial charge in [-0.15, -0.1) is 0 Å². The van der Waals surface area contributed by atoms with Crippen LogP contribution in [0.5, 0.6) is 5.75 Å². The van der Waals surface area contributed by atoms with Crippen LogP contribution in [0.15, 0.2) is 23.1 Å². The summed E-state index contributed by atoms with van der Waals surface area (Å²) >= 11 is 0. The van der Waals surface area contributed by atoms with E-state index in [2.05, 4.69) is 0 Å². The Labute approximate surface area is 68.0 Å². The van der Waals surface area contributed by atoms with Gasteiger partial charge in [-0.1, -0.05) is 0 Å². The first-order chi connectivity index (χ1) is 5.41. The van der Waals surface area contributed by atoms with Gasteiger partial charge >= 0.3 is 0 Å². The van der Waals surface area contributed by atoms with Crippen molar-refractivity contribution < 1.29 is 22.5 Å². The average Bonchev–Trinajstić information content (AvgIpc) is 1.92. The molecule has 0 amide bonds. The van der Waals surface area contributed by atoms with Crippen LogP contribution >= 0.6 is 0 Å². The molecule has 6 heteroatoms. The first-order valence-electron chi connectivity index (χ1n) is 2.87. The van der Waals surface area contributed by atoms with Gasteiger partial charge in [0.15, 0.2) is 0 Å². The van der Waals surface area contributed by atoms with Crippen molar-refractivity contribution in [3.8, 4) is 5.75 Å². The molecule has 0 radical (unpaired) electrons. The van der Waals surface area contributed by atoms with Crippen LogP contribution in [-0.2, 0) is 10.1 Å². The van der Waals surface area contributed by atoms with Crippen LogP contribution in [0.4, 0.5) is 4.39 Å². The molecule has 0 saturated heterocycles. The van der Waals surface area contributed by atoms with Gasteiger partial charge in [-0.3, -0.25) is 4.55 Å². The van der Waals surface area contributed by atoms with Crippen LogP contribution in [0, 0.1) is 5.82 Å². The Kier molecular flexibility index (Phi) is 2.03. The number of benzene rings is 1. The number of phenolic OH excluding ortho intramolecular Hbond substituents is 1. The predicted molar refractivity (Wildman–Crippen MR) is 37.9 cm³/mol. The summed E-state index contributed by atoms with van der Waals surface area (Å²) in [5, 5.41) is 8.86. The smallest absolute Gasteiger partial charge is 0.298 e. The van der Waals surface area contributed by atoms with Gasteiger partial charge in [0.05, 0.1) is 0 Å². The maximum atomic E-state index is 12.4. The highest BCUT2D eigenvalue weighted by Crippen LogP contribution is 2.22. The minimum absolute atomic E-state index is 0.532. The molecule has 1 aromatic rings. The second kappa shape index (κ2) is 2.72. The summed E-state index contributed by atoms with van der Waals surface area (Å²) in [5.41, 5.74) is 0. The summed E-state index contributed by atoms with van der Waals surface area (Å²) < 4.78 is 41.7. The van der Waals surface area contributed by atoms with Gasteiger partial charge in [-0.2, -0.15) is 8.42 Å². The van der Waals surface area contributed by atoms with E-state index in [1.807, 2.05) is 0 Å². The van der Waals surface area contributed by atoms with Crippen LogP contribution in [0.3, 0.4) is 0 Å². The Hall–Kier alpha value is -1.14. The Morgan fingerprint density at radius 2 is 1.92 bits per heavy atom. The van der Waals surface area contributed by atoms with Gasteiger partial charge < -0.3 is 5.11 Å². The quantitative estimate of drug-likeness (QED) is 0.644. The molecule has 0 aromatic heterocycles. The van der Waals surface area contributed by atoms with E-state index < -0.39 is 26.6 Å². The summed E-state index contributed by atoms with van der Waals surface area (Å²) in [6.45, 7) is 0. The Balaban J connectivity index is 3.43. The monoisotopic (exact) mass is 192 g/mol. The molecule has 0 spiro atoms. The van der Waals surface area contributed by atoms with Crippen LogP contribution in [0.25, 0.3) is 0 Å². The normalized spacial score (nSPS) is 11.5. The summed E-state index contributed by atoms with van der Waals surface area (Å²) in [6.07, 6.45) is 0. The number of phenols is 1. The largest absolute Gasteiger partial charge is 0.506 e. The second-order valence-corrected chi connectivity index (χ2v) is 3.48. The molecule has 0 fully saturated rings. The van der Waals surface area contributed by atoms with Crippen molar-refractivity contribution in [1.29, 1.82) is 0 Å². The number of hydrogen-bond acceptors (Lipinski definition) is 3. The van der Waals surface area contributed by atoms with E-state index in [-0.39, 0.29) is 0 Å². The number of halogens is 1. The molecule has 2 N–H and O–H groups in total. The van der Waals surface area contributed by atoms with Crippen molar-refractivity contribution in [3.63, 3.8) is 0 Å². The maximum absolute atomic E-state index is 12.4. The van der Waals surface area contributed by atoms with E-state index >= 15 is 0 Å². The van der Waals surface area contributed by atoms with Crippen molar-refractivity contribution in [2.24, 2.45) is 0 Å². The summed E-state index contributed by atoms with van der Waals surface area (Å²) in [7, 11) is -4.55. The Morgan fingerprint density at radius 1 is 1.33 bits per heavy atom. The summed E-state index contributed by atoms with van der Waals surface area (Å²) in [5.74, 6) is -1.53. The van der Waals surface area contributed by atoms with Crippen LogP contribution in [0.1, 0.15) is 0 Å². The minimum Gasteiger partial charge on any atom is -0.506 e. The fraction of sp³-hybridized carbons (Fsp3) is 0. The highest BCUT2D eigenvalue weighted by molar-refractivity contribution is 7.86. The Bertz CT molecular complexity index is 398. The molecule has 0 aliphatic rings. The van der Waals surface area contributed by atoms with Crippen LogP contribution in [0.2, 0.25) is 0 Å². The van der Waals surface area contributed by atoms with E-state index in [0.29, 0.717) is 6.07 Å². The van der Waals surface area contributed by atoms with Crippen LogP contribution < -0.4 is 0 Å². The van der Waals surface area contributed by atoms with Crippen molar-refractivity contribution >= 4 is 10.1 Å². The van der Waals surface area contributed by atoms with Gasteiger partial charge in [0.1, 0.15) is 16.5 Å². The van der Waals surface area contributed by atoms with Crippen molar-refractivity contribution in [2.75, 3.05) is 0 Å². The van der Waals surface area contributed by atoms with Crippen molar-refractivity contribution in [1.82, 2.24) is 0 Å². The fourth-order valence-corrected chi connectivity index (χ4v) is 1.29. The summed E-state index contributed by atoms with van der Waals surface area (Å²) in [6, 6.07) is 2.26. The zero-order valence-corrected chi connectivity index (χ0v) is 6.55. The first-order valence-corrected chi connectivity index (χ1v) is 4.31. The topological polar surface area (TPSA) is 74.6 Å². The molecule has 0 heterocycles. The van der Waals surface area contributed by atoms with E-state index in [1.165, 1.54) is 0 Å². The lowest BCUT2D eigenvalue weighted by Crippen LogP contribution is -1.98. The maximum Gasteiger partial charge on any atom is 0.298 e. The molecule has 12 heavy (non-hydrogen) atoms. The standard InChI is InChI=1S/C6H5FO4S/c7-4-1-2-5(8)6(3-4)12(9,10)11/h1-3,8H,(H,9,10,11). The van der Waals surface area contributed by atoms with Gasteiger partial charge in [0, 0.05) is 0 Å². The lowest BCUT2D eigenvalue weighted by molar-refractivity contribution is 0.440. The molecule has 0 aliphatic carbocycles. The third-order valence-corrected chi connectivity index (χ3v) is 2.08. The number of aromatic hydroxyl groups is 1. The number of hydrogen-bond donors (Lipinski definition) is 2. The van der Waals surface area contributed by atoms with Gasteiger partial charge in [0.25, 0.3) is 10.1 Å². The number of rotatable bonds is 1. The first kappa shape index (κ1) is 8.95. The van der Waals surface area contributed by atoms with Crippen LogP contribution in [-0.4, -0.2) is 18.1 Å². The molecule has 1 aromatic carbocycles. The molecular formula is C6H5FO4S. The lowest BCUT2D eigenvalue weighted by atomic mass is 10.3.